The molecule has 0 aromatic heterocycles. The predicted molar refractivity (Wildman–Crippen MR) is 192 cm³/mol. The quantitative estimate of drug-likeness (QED) is 0.201. The number of nitrogens with one attached hydrogen (secondary N) is 4. The van der Waals surface area contributed by atoms with E-state index < -0.39 is 69.1 Å². The van der Waals surface area contributed by atoms with E-state index in [4.69, 9.17) is 0 Å². The van der Waals surface area contributed by atoms with Gasteiger partial charge in [0.15, 0.2) is 0 Å². The van der Waals surface area contributed by atoms with E-state index in [2.05, 4.69) is 21.3 Å². The summed E-state index contributed by atoms with van der Waals surface area (Å²) >= 11 is 0. The van der Waals surface area contributed by atoms with Gasteiger partial charge in [-0.05, 0) is 60.0 Å². The molecule has 1 aromatic carbocycles. The first kappa shape index (κ1) is 40.9. The van der Waals surface area contributed by atoms with Gasteiger partial charge in [0.1, 0.15) is 12.1 Å². The van der Waals surface area contributed by atoms with Crippen LogP contribution in [0.25, 0.3) is 0 Å². The van der Waals surface area contributed by atoms with E-state index in [9.17, 15) is 32.4 Å². The van der Waals surface area contributed by atoms with Crippen molar-refractivity contribution in [3.05, 3.63) is 35.4 Å². The Labute approximate surface area is 298 Å². The summed E-state index contributed by atoms with van der Waals surface area (Å²) in [6, 6.07) is 3.75. The van der Waals surface area contributed by atoms with Gasteiger partial charge in [0.2, 0.25) is 27.6 Å². The lowest BCUT2D eigenvalue weighted by atomic mass is 9.86. The van der Waals surface area contributed by atoms with Crippen molar-refractivity contribution in [2.75, 3.05) is 33.4 Å². The number of likely N-dealkylation sites (N-methyl/N-ethyl adjacent to an activating group) is 2. The molecule has 14 heteroatoms. The highest BCUT2D eigenvalue weighted by atomic mass is 32.2. The van der Waals surface area contributed by atoms with Crippen molar-refractivity contribution >= 4 is 39.6 Å². The molecule has 1 heterocycles. The van der Waals surface area contributed by atoms with E-state index in [1.54, 1.807) is 0 Å². The van der Waals surface area contributed by atoms with E-state index in [-0.39, 0.29) is 37.3 Å². The average Bonchev–Trinajstić information content (AvgIpc) is 3.68. The van der Waals surface area contributed by atoms with Crippen molar-refractivity contribution in [1.82, 2.24) is 30.5 Å². The minimum Gasteiger partial charge on any atom is -0.353 e. The molecule has 4 N–H and O–H groups in total. The third-order valence-electron chi connectivity index (χ3n) is 10.2. The number of ketones is 1. The number of hydrogen-bond donors (Lipinski definition) is 4. The standard InChI is InChI=1S/C36H58N6O7S/c1-10-11-16-27(31(43)33(45)37-7)38-32(44)30-26(22(2)3)17-18-42(30)34(46)29(25-19-23-14-12-13-15-24(23)20-25)40-35(47)39-28(36(4,5)6)21-41(8)50(9,48)49/h12-15,22,25-30H,10-11,16-21H2,1-9H3,(H,37,45)(H,38,44)(H2,39,40,47)/t26-,27?,28-,29+,30+/m1/s1. The number of Topliss-reactive ketones (excluding diaryl/α,β-unsaturated/α-hetero) is 1. The van der Waals surface area contributed by atoms with Gasteiger partial charge in [0.05, 0.1) is 12.3 Å². The largest absolute Gasteiger partial charge is 0.353 e. The van der Waals surface area contributed by atoms with Gasteiger partial charge < -0.3 is 26.2 Å². The molecule has 0 bridgehead atoms. The van der Waals surface area contributed by atoms with Crippen LogP contribution >= 0.6 is 0 Å². The Kier molecular flexibility index (Phi) is 14.0. The molecule has 2 aliphatic rings. The molecular formula is C36H58N6O7S. The molecule has 1 saturated heterocycles. The smallest absolute Gasteiger partial charge is 0.315 e. The van der Waals surface area contributed by atoms with Crippen LogP contribution in [-0.2, 0) is 42.0 Å². The Balaban J connectivity index is 1.95. The fourth-order valence-electron chi connectivity index (χ4n) is 6.97. The lowest BCUT2D eigenvalue weighted by Crippen LogP contribution is -2.61. The third kappa shape index (κ3) is 10.3. The molecule has 1 aromatic rings. The Morgan fingerprint density at radius 2 is 1.60 bits per heavy atom. The van der Waals surface area contributed by atoms with Crippen molar-refractivity contribution in [3.63, 3.8) is 0 Å². The zero-order valence-corrected chi connectivity index (χ0v) is 32.0. The predicted octanol–water partition coefficient (Wildman–Crippen LogP) is 2.24. The van der Waals surface area contributed by atoms with Crippen molar-refractivity contribution in [1.29, 1.82) is 0 Å². The summed E-state index contributed by atoms with van der Waals surface area (Å²) in [6.45, 7) is 11.9. The van der Waals surface area contributed by atoms with E-state index in [0.29, 0.717) is 25.7 Å². The Bertz CT molecular complexity index is 1480. The second-order valence-corrected chi connectivity index (χ2v) is 17.4. The van der Waals surface area contributed by atoms with E-state index in [1.807, 2.05) is 65.8 Å². The molecule has 1 aliphatic heterocycles. The molecule has 1 unspecified atom stereocenters. The number of carbonyl (C=O) groups is 5. The van der Waals surface area contributed by atoms with Gasteiger partial charge in [-0.25, -0.2) is 17.5 Å². The van der Waals surface area contributed by atoms with Gasteiger partial charge >= 0.3 is 6.03 Å². The van der Waals surface area contributed by atoms with Crippen LogP contribution in [0, 0.1) is 23.2 Å². The average molecular weight is 719 g/mol. The van der Waals surface area contributed by atoms with Crippen LogP contribution in [0.5, 0.6) is 0 Å². The number of carbonyl (C=O) groups excluding carboxylic acids is 5. The van der Waals surface area contributed by atoms with Gasteiger partial charge in [-0.3, -0.25) is 19.2 Å². The number of likely N-dealkylation sites (tertiary alicyclic amines) is 1. The molecule has 0 saturated carbocycles. The zero-order chi connectivity index (χ0) is 37.6. The van der Waals surface area contributed by atoms with E-state index in [1.165, 1.54) is 23.3 Å². The Hall–Kier alpha value is -3.52. The first-order chi connectivity index (χ1) is 23.3. The van der Waals surface area contributed by atoms with Crippen LogP contribution < -0.4 is 21.3 Å². The van der Waals surface area contributed by atoms with Crippen LogP contribution in [0.4, 0.5) is 4.79 Å². The van der Waals surface area contributed by atoms with Crippen LogP contribution in [0.1, 0.15) is 78.4 Å². The van der Waals surface area contributed by atoms with Gasteiger partial charge in [0.25, 0.3) is 5.91 Å². The molecule has 0 radical (unpaired) electrons. The van der Waals surface area contributed by atoms with Gasteiger partial charge in [-0.1, -0.05) is 78.6 Å². The van der Waals surface area contributed by atoms with Gasteiger partial charge in [-0.15, -0.1) is 0 Å². The number of sulfonamides is 1. The zero-order valence-electron chi connectivity index (χ0n) is 31.2. The summed E-state index contributed by atoms with van der Waals surface area (Å²) in [5, 5.41) is 11.1. The Morgan fingerprint density at radius 1 is 1.00 bits per heavy atom. The summed E-state index contributed by atoms with van der Waals surface area (Å²) in [4.78, 5) is 69.4. The molecule has 13 nitrogen and oxygen atoms in total. The molecule has 1 fully saturated rings. The van der Waals surface area contributed by atoms with E-state index in [0.717, 1.165) is 23.8 Å². The minimum absolute atomic E-state index is 0.0251. The third-order valence-corrected chi connectivity index (χ3v) is 11.5. The number of hydrogen-bond acceptors (Lipinski definition) is 7. The summed E-state index contributed by atoms with van der Waals surface area (Å²) < 4.78 is 25.6. The molecule has 3 rings (SSSR count). The number of amides is 5. The summed E-state index contributed by atoms with van der Waals surface area (Å²) in [6.07, 6.45) is 4.42. The molecule has 5 amide bonds. The van der Waals surface area contributed by atoms with Crippen molar-refractivity contribution in [2.24, 2.45) is 23.2 Å². The maximum absolute atomic E-state index is 14.7. The fraction of sp³-hybridized carbons (Fsp3) is 0.694. The lowest BCUT2D eigenvalue weighted by Gasteiger charge is -2.36. The minimum atomic E-state index is -3.52. The molecule has 50 heavy (non-hydrogen) atoms. The first-order valence-corrected chi connectivity index (χ1v) is 19.6. The molecule has 0 spiro atoms. The van der Waals surface area contributed by atoms with Crippen LogP contribution in [0.3, 0.4) is 0 Å². The highest BCUT2D eigenvalue weighted by Crippen LogP contribution is 2.35. The normalized spacial score (nSPS) is 19.9. The maximum atomic E-state index is 14.7. The highest BCUT2D eigenvalue weighted by molar-refractivity contribution is 7.88. The SMILES string of the molecule is CCCCC(NC(=O)[C@@H]1[C@@H](C(C)C)CCN1C(=O)[C@@H](NC(=O)N[C@H](CN(C)S(C)(=O)=O)C(C)(C)C)C1Cc2ccccc2C1)C(=O)C(=O)NC. The number of fused-ring (bicyclic) bond motifs is 1. The fourth-order valence-corrected chi connectivity index (χ4v) is 7.39. The lowest BCUT2D eigenvalue weighted by molar-refractivity contribution is -0.144. The van der Waals surface area contributed by atoms with Gasteiger partial charge in [0, 0.05) is 33.2 Å². The molecule has 280 valence electrons. The van der Waals surface area contributed by atoms with Crippen LogP contribution in [-0.4, -0.2) is 105 Å². The summed E-state index contributed by atoms with van der Waals surface area (Å²) in [5.74, 6) is -2.91. The second-order valence-electron chi connectivity index (χ2n) is 15.3. The summed E-state index contributed by atoms with van der Waals surface area (Å²) in [7, 11) is -0.701. The van der Waals surface area contributed by atoms with Crippen molar-refractivity contribution in [2.45, 2.75) is 104 Å². The van der Waals surface area contributed by atoms with Crippen LogP contribution in [0.15, 0.2) is 24.3 Å². The number of unbranched alkanes of at least 4 members (excludes halogenated alkanes) is 1. The summed E-state index contributed by atoms with van der Waals surface area (Å²) in [5.41, 5.74) is 1.65. The van der Waals surface area contributed by atoms with Crippen molar-refractivity contribution < 1.29 is 32.4 Å². The molecule has 1 aliphatic carbocycles. The van der Waals surface area contributed by atoms with Crippen LogP contribution in [0.2, 0.25) is 0 Å². The monoisotopic (exact) mass is 718 g/mol. The number of benzene rings is 1. The van der Waals surface area contributed by atoms with Gasteiger partial charge in [-0.2, -0.15) is 0 Å². The first-order valence-electron chi connectivity index (χ1n) is 17.7. The number of rotatable bonds is 15. The second kappa shape index (κ2) is 17.1. The van der Waals surface area contributed by atoms with E-state index >= 15 is 0 Å². The molecule has 5 atom stereocenters. The maximum Gasteiger partial charge on any atom is 0.315 e. The molecular weight excluding hydrogens is 660 g/mol. The highest BCUT2D eigenvalue weighted by Gasteiger charge is 2.48. The number of nitrogens with zero attached hydrogens (tertiary/aromatic N) is 2. The van der Waals surface area contributed by atoms with Crippen molar-refractivity contribution in [3.8, 4) is 0 Å². The number of urea groups is 1. The Morgan fingerprint density at radius 3 is 2.10 bits per heavy atom. The topological polar surface area (TPSA) is 174 Å².